The van der Waals surface area contributed by atoms with Gasteiger partial charge in [-0.15, -0.1) is 11.3 Å². The maximum Gasteiger partial charge on any atom is 0.326 e. The van der Waals surface area contributed by atoms with Gasteiger partial charge in [-0.1, -0.05) is 6.07 Å². The van der Waals surface area contributed by atoms with Crippen LogP contribution < -0.4 is 0 Å². The third-order valence-corrected chi connectivity index (χ3v) is 4.53. The van der Waals surface area contributed by atoms with Gasteiger partial charge >= 0.3 is 5.97 Å². The summed E-state index contributed by atoms with van der Waals surface area (Å²) in [6.45, 7) is 0.380. The Kier molecular flexibility index (Phi) is 5.14. The SMILES string of the molecule is COC1CC(C(=O)O)N(C(=O)CCCc2cccs2)C1. The van der Waals surface area contributed by atoms with Gasteiger partial charge in [0.2, 0.25) is 5.91 Å². The van der Waals surface area contributed by atoms with Crippen LogP contribution >= 0.6 is 11.3 Å². The lowest BCUT2D eigenvalue weighted by Crippen LogP contribution is -2.40. The van der Waals surface area contributed by atoms with Gasteiger partial charge in [0.25, 0.3) is 0 Å². The molecule has 0 radical (unpaired) electrons. The minimum atomic E-state index is -0.948. The fourth-order valence-electron chi connectivity index (χ4n) is 2.49. The van der Waals surface area contributed by atoms with Gasteiger partial charge in [-0.25, -0.2) is 4.79 Å². The first-order valence-corrected chi connectivity index (χ1v) is 7.57. The molecule has 1 N–H and O–H groups in total. The van der Waals surface area contributed by atoms with Crippen LogP contribution in [0, 0.1) is 0 Å². The lowest BCUT2D eigenvalue weighted by molar-refractivity contribution is -0.148. The molecule has 2 atom stereocenters. The van der Waals surface area contributed by atoms with Crippen molar-refractivity contribution in [3.05, 3.63) is 22.4 Å². The molecule has 1 saturated heterocycles. The lowest BCUT2D eigenvalue weighted by Gasteiger charge is -2.21. The monoisotopic (exact) mass is 297 g/mol. The number of carbonyl (C=O) groups excluding carboxylic acids is 1. The van der Waals surface area contributed by atoms with Gasteiger partial charge in [0.1, 0.15) is 6.04 Å². The highest BCUT2D eigenvalue weighted by Crippen LogP contribution is 2.22. The molecule has 2 unspecified atom stereocenters. The summed E-state index contributed by atoms with van der Waals surface area (Å²) in [5.74, 6) is -1.04. The Labute approximate surface area is 122 Å². The van der Waals surface area contributed by atoms with Crippen LogP contribution in [-0.4, -0.2) is 47.7 Å². The van der Waals surface area contributed by atoms with Crippen molar-refractivity contribution in [1.82, 2.24) is 4.90 Å². The van der Waals surface area contributed by atoms with Gasteiger partial charge in [0, 0.05) is 31.4 Å². The van der Waals surface area contributed by atoms with E-state index in [-0.39, 0.29) is 12.0 Å². The fourth-order valence-corrected chi connectivity index (χ4v) is 3.24. The summed E-state index contributed by atoms with van der Waals surface area (Å²) in [4.78, 5) is 26.1. The normalized spacial score (nSPS) is 22.1. The van der Waals surface area contributed by atoms with E-state index in [1.165, 1.54) is 9.78 Å². The fraction of sp³-hybridized carbons (Fsp3) is 0.571. The van der Waals surface area contributed by atoms with E-state index in [0.29, 0.717) is 19.4 Å². The third kappa shape index (κ3) is 3.58. The summed E-state index contributed by atoms with van der Waals surface area (Å²) < 4.78 is 5.18. The van der Waals surface area contributed by atoms with E-state index < -0.39 is 12.0 Å². The summed E-state index contributed by atoms with van der Waals surface area (Å²) in [5, 5.41) is 11.2. The molecule has 1 aromatic rings. The van der Waals surface area contributed by atoms with E-state index in [0.717, 1.165) is 12.8 Å². The molecule has 0 saturated carbocycles. The number of aryl methyl sites for hydroxylation is 1. The Bertz CT molecular complexity index is 460. The number of amides is 1. The Morgan fingerprint density at radius 1 is 1.55 bits per heavy atom. The van der Waals surface area contributed by atoms with Gasteiger partial charge in [-0.3, -0.25) is 4.79 Å². The largest absolute Gasteiger partial charge is 0.480 e. The van der Waals surface area contributed by atoms with Crippen LogP contribution in [0.2, 0.25) is 0 Å². The molecule has 1 aliphatic heterocycles. The van der Waals surface area contributed by atoms with Crippen LogP contribution in [0.3, 0.4) is 0 Å². The van der Waals surface area contributed by atoms with E-state index in [9.17, 15) is 14.7 Å². The summed E-state index contributed by atoms with van der Waals surface area (Å²) in [5.41, 5.74) is 0. The first-order valence-electron chi connectivity index (χ1n) is 6.69. The quantitative estimate of drug-likeness (QED) is 0.869. The van der Waals surface area contributed by atoms with Gasteiger partial charge in [-0.2, -0.15) is 0 Å². The van der Waals surface area contributed by atoms with E-state index in [1.54, 1.807) is 18.4 Å². The molecule has 1 fully saturated rings. The second-order valence-electron chi connectivity index (χ2n) is 4.93. The molecule has 2 rings (SSSR count). The highest BCUT2D eigenvalue weighted by Gasteiger charge is 2.39. The van der Waals surface area contributed by atoms with Crippen molar-refractivity contribution in [3.8, 4) is 0 Å². The van der Waals surface area contributed by atoms with Crippen molar-refractivity contribution in [2.75, 3.05) is 13.7 Å². The molecule has 0 aromatic carbocycles. The van der Waals surface area contributed by atoms with Gasteiger partial charge in [-0.05, 0) is 24.3 Å². The number of carboxylic acids is 1. The Hall–Kier alpha value is -1.40. The van der Waals surface area contributed by atoms with Crippen LogP contribution in [0.25, 0.3) is 0 Å². The molecule has 110 valence electrons. The maximum absolute atomic E-state index is 12.2. The number of aliphatic carboxylic acids is 1. The van der Waals surface area contributed by atoms with Crippen LogP contribution in [0.5, 0.6) is 0 Å². The van der Waals surface area contributed by atoms with Crippen LogP contribution in [-0.2, 0) is 20.7 Å². The minimum absolute atomic E-state index is 0.0893. The maximum atomic E-state index is 12.2. The van der Waals surface area contributed by atoms with Crippen molar-refractivity contribution in [2.24, 2.45) is 0 Å². The molecule has 6 heteroatoms. The topological polar surface area (TPSA) is 66.8 Å². The van der Waals surface area contributed by atoms with Crippen LogP contribution in [0.4, 0.5) is 0 Å². The molecule has 0 aliphatic carbocycles. The standard InChI is InChI=1S/C14H19NO4S/c1-19-10-8-12(14(17)18)15(9-10)13(16)6-2-4-11-5-3-7-20-11/h3,5,7,10,12H,2,4,6,8-9H2,1H3,(H,17,18). The zero-order valence-corrected chi connectivity index (χ0v) is 12.3. The molecule has 2 heterocycles. The number of methoxy groups -OCH3 is 1. The van der Waals surface area contributed by atoms with Crippen molar-refractivity contribution in [1.29, 1.82) is 0 Å². The number of likely N-dealkylation sites (tertiary alicyclic amines) is 1. The second kappa shape index (κ2) is 6.85. The average molecular weight is 297 g/mol. The summed E-state index contributed by atoms with van der Waals surface area (Å²) in [6.07, 6.45) is 2.21. The van der Waals surface area contributed by atoms with E-state index in [4.69, 9.17) is 4.74 Å². The van der Waals surface area contributed by atoms with Crippen molar-refractivity contribution in [2.45, 2.75) is 37.8 Å². The van der Waals surface area contributed by atoms with E-state index in [2.05, 4.69) is 0 Å². The number of carbonyl (C=O) groups is 2. The number of carboxylic acid groups (broad SMARTS) is 1. The number of thiophene rings is 1. The molecular weight excluding hydrogens is 278 g/mol. The van der Waals surface area contributed by atoms with Gasteiger partial charge < -0.3 is 14.7 Å². The smallest absolute Gasteiger partial charge is 0.326 e. The predicted octanol–water partition coefficient (Wildman–Crippen LogP) is 1.77. The highest BCUT2D eigenvalue weighted by molar-refractivity contribution is 7.09. The van der Waals surface area contributed by atoms with Crippen molar-refractivity contribution in [3.63, 3.8) is 0 Å². The summed E-state index contributed by atoms with van der Waals surface area (Å²) in [6, 6.07) is 3.30. The van der Waals surface area contributed by atoms with Crippen molar-refractivity contribution < 1.29 is 19.4 Å². The molecular formula is C14H19NO4S. The van der Waals surface area contributed by atoms with Crippen molar-refractivity contribution >= 4 is 23.2 Å². The Morgan fingerprint density at radius 2 is 2.35 bits per heavy atom. The number of rotatable bonds is 6. The number of nitrogens with zero attached hydrogens (tertiary/aromatic N) is 1. The lowest BCUT2D eigenvalue weighted by atomic mass is 10.1. The van der Waals surface area contributed by atoms with Gasteiger partial charge in [0.05, 0.1) is 6.10 Å². The first-order chi connectivity index (χ1) is 9.61. The summed E-state index contributed by atoms with van der Waals surface area (Å²) in [7, 11) is 1.55. The van der Waals surface area contributed by atoms with Crippen LogP contribution in [0.15, 0.2) is 17.5 Å². The number of hydrogen-bond acceptors (Lipinski definition) is 4. The van der Waals surface area contributed by atoms with Gasteiger partial charge in [0.15, 0.2) is 0 Å². The highest BCUT2D eigenvalue weighted by atomic mass is 32.1. The molecule has 5 nitrogen and oxygen atoms in total. The third-order valence-electron chi connectivity index (χ3n) is 3.60. The molecule has 1 aromatic heterocycles. The zero-order chi connectivity index (χ0) is 14.5. The number of hydrogen-bond donors (Lipinski definition) is 1. The number of ether oxygens (including phenoxy) is 1. The molecule has 1 aliphatic rings. The molecule has 0 bridgehead atoms. The molecule has 20 heavy (non-hydrogen) atoms. The molecule has 1 amide bonds. The van der Waals surface area contributed by atoms with E-state index in [1.807, 2.05) is 17.5 Å². The Balaban J connectivity index is 1.85. The average Bonchev–Trinajstić information content (AvgIpc) is 3.07. The Morgan fingerprint density at radius 3 is 2.95 bits per heavy atom. The van der Waals surface area contributed by atoms with Crippen LogP contribution in [0.1, 0.15) is 24.1 Å². The zero-order valence-electron chi connectivity index (χ0n) is 11.4. The first kappa shape index (κ1) is 15.0. The second-order valence-corrected chi connectivity index (χ2v) is 5.96. The molecule has 0 spiro atoms. The summed E-state index contributed by atoms with van der Waals surface area (Å²) >= 11 is 1.68. The van der Waals surface area contributed by atoms with E-state index >= 15 is 0 Å². The predicted molar refractivity (Wildman–Crippen MR) is 75.8 cm³/mol. The minimum Gasteiger partial charge on any atom is -0.480 e.